The highest BCUT2D eigenvalue weighted by atomic mass is 16.5. The minimum absolute atomic E-state index is 0.0835. The van der Waals surface area contributed by atoms with E-state index in [4.69, 9.17) is 9.47 Å². The zero-order chi connectivity index (χ0) is 22.4. The van der Waals surface area contributed by atoms with Crippen LogP contribution in [-0.2, 0) is 0 Å². The van der Waals surface area contributed by atoms with E-state index in [1.54, 1.807) is 0 Å². The van der Waals surface area contributed by atoms with Gasteiger partial charge in [-0.2, -0.15) is 0 Å². The summed E-state index contributed by atoms with van der Waals surface area (Å²) in [5.41, 5.74) is 2.12. The number of benzene rings is 2. The molecule has 1 heterocycles. The standard InChI is InChI=1S/C25H31NO2.C2H6/c1-24(2,3)16-27-20-13-19(14-21(15-20)28-17-25(4,5)6)23-22-10-8-7-9-18(22)11-12-26-23;1-2/h7-15H,16-17H2,1-6H3;1-2H3. The first kappa shape index (κ1) is 23.7. The molecule has 3 rings (SSSR count). The van der Waals surface area contributed by atoms with Crippen LogP contribution in [-0.4, -0.2) is 18.2 Å². The number of ether oxygens (including phenoxy) is 2. The number of pyridine rings is 1. The van der Waals surface area contributed by atoms with Crippen molar-refractivity contribution in [1.29, 1.82) is 0 Å². The lowest BCUT2D eigenvalue weighted by atomic mass is 9.98. The van der Waals surface area contributed by atoms with E-state index in [2.05, 4.69) is 70.8 Å². The van der Waals surface area contributed by atoms with Gasteiger partial charge in [-0.25, -0.2) is 0 Å². The predicted octanol–water partition coefficient (Wildman–Crippen LogP) is 7.78. The summed E-state index contributed by atoms with van der Waals surface area (Å²) in [6, 6.07) is 16.4. The Balaban J connectivity index is 0.00000155. The van der Waals surface area contributed by atoms with Gasteiger partial charge in [0.1, 0.15) is 11.5 Å². The maximum atomic E-state index is 6.11. The van der Waals surface area contributed by atoms with Crippen molar-refractivity contribution in [2.24, 2.45) is 10.8 Å². The highest BCUT2D eigenvalue weighted by Crippen LogP contribution is 2.34. The zero-order valence-corrected chi connectivity index (χ0v) is 19.9. The third-order valence-electron chi connectivity index (χ3n) is 4.17. The van der Waals surface area contributed by atoms with Crippen molar-refractivity contribution in [2.45, 2.75) is 55.4 Å². The van der Waals surface area contributed by atoms with E-state index < -0.39 is 0 Å². The maximum Gasteiger partial charge on any atom is 0.123 e. The molecule has 0 bridgehead atoms. The molecular weight excluding hydrogens is 370 g/mol. The third-order valence-corrected chi connectivity index (χ3v) is 4.17. The number of aromatic nitrogens is 1. The Labute approximate surface area is 182 Å². The van der Waals surface area contributed by atoms with Crippen LogP contribution < -0.4 is 9.47 Å². The number of hydrogen-bond donors (Lipinski definition) is 0. The van der Waals surface area contributed by atoms with Crippen molar-refractivity contribution >= 4 is 10.8 Å². The minimum atomic E-state index is 0.0835. The molecule has 0 saturated heterocycles. The van der Waals surface area contributed by atoms with Gasteiger partial charge in [0, 0.05) is 23.2 Å². The van der Waals surface area contributed by atoms with Crippen LogP contribution in [0.3, 0.4) is 0 Å². The Morgan fingerprint density at radius 2 is 1.27 bits per heavy atom. The molecule has 0 radical (unpaired) electrons. The summed E-state index contributed by atoms with van der Waals surface area (Å²) in [6.07, 6.45) is 1.86. The number of nitrogens with zero attached hydrogens (tertiary/aromatic N) is 1. The first-order valence-corrected chi connectivity index (χ1v) is 10.9. The third kappa shape index (κ3) is 7.05. The number of fused-ring (bicyclic) bond motifs is 1. The topological polar surface area (TPSA) is 31.4 Å². The van der Waals surface area contributed by atoms with Gasteiger partial charge in [-0.05, 0) is 34.4 Å². The molecule has 3 nitrogen and oxygen atoms in total. The average molecular weight is 408 g/mol. The van der Waals surface area contributed by atoms with Crippen LogP contribution in [0, 0.1) is 10.8 Å². The van der Waals surface area contributed by atoms with Gasteiger partial charge in [0.25, 0.3) is 0 Å². The highest BCUT2D eigenvalue weighted by Gasteiger charge is 2.16. The van der Waals surface area contributed by atoms with Gasteiger partial charge in [0.15, 0.2) is 0 Å². The first-order chi connectivity index (χ1) is 14.1. The highest BCUT2D eigenvalue weighted by molar-refractivity contribution is 5.94. The fraction of sp³-hybridized carbons (Fsp3) is 0.444. The molecule has 2 aromatic carbocycles. The van der Waals surface area contributed by atoms with E-state index >= 15 is 0 Å². The quantitative estimate of drug-likeness (QED) is 0.433. The molecule has 0 aliphatic heterocycles. The van der Waals surface area contributed by atoms with E-state index in [-0.39, 0.29) is 10.8 Å². The van der Waals surface area contributed by atoms with E-state index in [9.17, 15) is 0 Å². The fourth-order valence-corrected chi connectivity index (χ4v) is 2.82. The predicted molar refractivity (Wildman–Crippen MR) is 128 cm³/mol. The second kappa shape index (κ2) is 9.97. The van der Waals surface area contributed by atoms with Gasteiger partial charge < -0.3 is 9.47 Å². The Bertz CT molecular complexity index is 907. The van der Waals surface area contributed by atoms with Crippen LogP contribution in [0.1, 0.15) is 55.4 Å². The molecule has 1 aromatic heterocycles. The van der Waals surface area contributed by atoms with E-state index in [1.807, 2.05) is 44.3 Å². The summed E-state index contributed by atoms with van der Waals surface area (Å²) in [4.78, 5) is 4.67. The summed E-state index contributed by atoms with van der Waals surface area (Å²) < 4.78 is 12.2. The van der Waals surface area contributed by atoms with Crippen LogP contribution in [0.4, 0.5) is 0 Å². The largest absolute Gasteiger partial charge is 0.493 e. The van der Waals surface area contributed by atoms with Crippen LogP contribution in [0.2, 0.25) is 0 Å². The molecule has 0 aliphatic rings. The second-order valence-corrected chi connectivity index (χ2v) is 9.77. The molecule has 0 fully saturated rings. The molecule has 3 aromatic rings. The Kier molecular flexibility index (Phi) is 7.89. The summed E-state index contributed by atoms with van der Waals surface area (Å²) in [7, 11) is 0. The Morgan fingerprint density at radius 3 is 1.80 bits per heavy atom. The lowest BCUT2D eigenvalue weighted by Gasteiger charge is -2.22. The van der Waals surface area contributed by atoms with Gasteiger partial charge in [-0.3, -0.25) is 4.98 Å². The maximum absolute atomic E-state index is 6.11. The molecule has 0 N–H and O–H groups in total. The molecule has 30 heavy (non-hydrogen) atoms. The van der Waals surface area contributed by atoms with Crippen molar-refractivity contribution in [2.75, 3.05) is 13.2 Å². The van der Waals surface area contributed by atoms with Gasteiger partial charge in [0.2, 0.25) is 0 Å². The molecule has 0 spiro atoms. The summed E-state index contributed by atoms with van der Waals surface area (Å²) >= 11 is 0. The second-order valence-electron chi connectivity index (χ2n) is 9.77. The van der Waals surface area contributed by atoms with Crippen molar-refractivity contribution in [3.63, 3.8) is 0 Å². The molecule has 0 saturated carbocycles. The van der Waals surface area contributed by atoms with E-state index in [0.717, 1.165) is 28.1 Å². The molecule has 0 amide bonds. The Morgan fingerprint density at radius 1 is 0.733 bits per heavy atom. The summed E-state index contributed by atoms with van der Waals surface area (Å²) in [6.45, 7) is 18.3. The zero-order valence-electron chi connectivity index (χ0n) is 19.9. The van der Waals surface area contributed by atoms with Crippen molar-refractivity contribution in [3.8, 4) is 22.8 Å². The fourth-order valence-electron chi connectivity index (χ4n) is 2.82. The normalized spacial score (nSPS) is 11.6. The lowest BCUT2D eigenvalue weighted by Crippen LogP contribution is -2.18. The van der Waals surface area contributed by atoms with Crippen LogP contribution in [0.5, 0.6) is 11.5 Å². The van der Waals surface area contributed by atoms with Crippen LogP contribution in [0.15, 0.2) is 54.7 Å². The Hall–Kier alpha value is -2.55. The molecule has 3 heteroatoms. The lowest BCUT2D eigenvalue weighted by molar-refractivity contribution is 0.189. The first-order valence-electron chi connectivity index (χ1n) is 10.9. The van der Waals surface area contributed by atoms with Crippen molar-refractivity contribution < 1.29 is 9.47 Å². The van der Waals surface area contributed by atoms with Crippen molar-refractivity contribution in [3.05, 3.63) is 54.7 Å². The van der Waals surface area contributed by atoms with Crippen molar-refractivity contribution in [1.82, 2.24) is 4.98 Å². The SMILES string of the molecule is CC.CC(C)(C)COc1cc(OCC(C)(C)C)cc(-c2nccc3ccccc23)c1. The minimum Gasteiger partial charge on any atom is -0.493 e. The number of rotatable bonds is 5. The molecule has 162 valence electrons. The van der Waals surface area contributed by atoms with Crippen LogP contribution >= 0.6 is 0 Å². The monoisotopic (exact) mass is 407 g/mol. The van der Waals surface area contributed by atoms with Gasteiger partial charge >= 0.3 is 0 Å². The van der Waals surface area contributed by atoms with E-state index in [1.165, 1.54) is 5.39 Å². The summed E-state index contributed by atoms with van der Waals surface area (Å²) in [5.74, 6) is 1.62. The van der Waals surface area contributed by atoms with Gasteiger partial charge in [-0.15, -0.1) is 0 Å². The summed E-state index contributed by atoms with van der Waals surface area (Å²) in [5, 5.41) is 2.30. The smallest absolute Gasteiger partial charge is 0.123 e. The molecular formula is C27H37NO2. The molecule has 0 unspecified atom stereocenters. The number of hydrogen-bond acceptors (Lipinski definition) is 3. The van der Waals surface area contributed by atoms with Gasteiger partial charge in [0.05, 0.1) is 18.9 Å². The molecule has 0 atom stereocenters. The van der Waals surface area contributed by atoms with E-state index in [0.29, 0.717) is 13.2 Å². The molecule has 0 aliphatic carbocycles. The van der Waals surface area contributed by atoms with Crippen LogP contribution in [0.25, 0.3) is 22.0 Å². The average Bonchev–Trinajstić information content (AvgIpc) is 2.71. The van der Waals surface area contributed by atoms with Gasteiger partial charge in [-0.1, -0.05) is 79.7 Å².